The summed E-state index contributed by atoms with van der Waals surface area (Å²) in [6.07, 6.45) is 5.16. The van der Waals surface area contributed by atoms with Crippen molar-refractivity contribution in [1.82, 2.24) is 20.0 Å². The smallest absolute Gasteiger partial charge is 0.407 e. The molecule has 0 radical (unpaired) electrons. The van der Waals surface area contributed by atoms with Gasteiger partial charge in [-0.2, -0.15) is 4.98 Å². The maximum atomic E-state index is 10.9. The van der Waals surface area contributed by atoms with Crippen molar-refractivity contribution in [3.63, 3.8) is 0 Å². The molecule has 4 heterocycles. The van der Waals surface area contributed by atoms with Gasteiger partial charge in [0.1, 0.15) is 0 Å². The highest BCUT2D eigenvalue weighted by Crippen LogP contribution is 2.32. The number of carbonyl (C=O) groups is 1. The molecular formula is C16H16N4O3S. The number of nitrogens with zero attached hydrogens (tertiary/aromatic N) is 4. The third kappa shape index (κ3) is 2.96. The monoisotopic (exact) mass is 344 g/mol. The van der Waals surface area contributed by atoms with Crippen LogP contribution in [-0.4, -0.2) is 44.3 Å². The third-order valence-electron chi connectivity index (χ3n) is 4.36. The van der Waals surface area contributed by atoms with Gasteiger partial charge in [-0.15, -0.1) is 11.3 Å². The predicted molar refractivity (Wildman–Crippen MR) is 88.9 cm³/mol. The van der Waals surface area contributed by atoms with E-state index in [1.54, 1.807) is 17.5 Å². The van der Waals surface area contributed by atoms with Gasteiger partial charge in [0.2, 0.25) is 0 Å². The van der Waals surface area contributed by atoms with Gasteiger partial charge in [0.05, 0.1) is 9.58 Å². The summed E-state index contributed by atoms with van der Waals surface area (Å²) in [5.41, 5.74) is 0. The van der Waals surface area contributed by atoms with Gasteiger partial charge in [-0.05, 0) is 36.3 Å². The van der Waals surface area contributed by atoms with Crippen LogP contribution in [0, 0.1) is 5.92 Å². The largest absolute Gasteiger partial charge is 0.465 e. The van der Waals surface area contributed by atoms with Crippen molar-refractivity contribution in [3.05, 3.63) is 30.4 Å². The first kappa shape index (κ1) is 15.1. The molecule has 0 unspecified atom stereocenters. The highest BCUT2D eigenvalue weighted by atomic mass is 32.1. The molecule has 7 nitrogen and oxygen atoms in total. The fraction of sp³-hybridized carbons (Fsp3) is 0.375. The topological polar surface area (TPSA) is 92.3 Å². The molecule has 8 heteroatoms. The van der Waals surface area contributed by atoms with Crippen LogP contribution in [0.1, 0.15) is 18.7 Å². The van der Waals surface area contributed by atoms with E-state index < -0.39 is 6.09 Å². The fourth-order valence-corrected chi connectivity index (χ4v) is 3.96. The number of pyridine rings is 1. The summed E-state index contributed by atoms with van der Waals surface area (Å²) in [6, 6.07) is 3.99. The molecule has 3 aromatic rings. The van der Waals surface area contributed by atoms with Crippen LogP contribution >= 0.6 is 11.3 Å². The van der Waals surface area contributed by atoms with E-state index in [-0.39, 0.29) is 0 Å². The lowest BCUT2D eigenvalue weighted by atomic mass is 9.93. The van der Waals surface area contributed by atoms with E-state index in [1.807, 2.05) is 18.3 Å². The molecule has 1 aliphatic heterocycles. The van der Waals surface area contributed by atoms with Crippen molar-refractivity contribution in [1.29, 1.82) is 0 Å². The molecule has 24 heavy (non-hydrogen) atoms. The van der Waals surface area contributed by atoms with Crippen LogP contribution in [-0.2, 0) is 6.42 Å². The molecule has 1 amide bonds. The highest BCUT2D eigenvalue weighted by Gasteiger charge is 2.24. The zero-order valence-electron chi connectivity index (χ0n) is 12.9. The molecule has 0 aromatic carbocycles. The van der Waals surface area contributed by atoms with E-state index in [0.717, 1.165) is 34.2 Å². The van der Waals surface area contributed by atoms with Gasteiger partial charge < -0.3 is 14.5 Å². The summed E-state index contributed by atoms with van der Waals surface area (Å²) in [5.74, 6) is 1.63. The van der Waals surface area contributed by atoms with Gasteiger partial charge in [-0.25, -0.2) is 4.79 Å². The van der Waals surface area contributed by atoms with Gasteiger partial charge in [0.25, 0.3) is 5.89 Å². The molecule has 1 N–H and O–H groups in total. The second-order valence-corrected chi connectivity index (χ2v) is 7.04. The first-order chi connectivity index (χ1) is 11.7. The molecule has 3 aromatic heterocycles. The quantitative estimate of drug-likeness (QED) is 0.784. The van der Waals surface area contributed by atoms with E-state index in [9.17, 15) is 4.79 Å². The normalized spacial score (nSPS) is 15.9. The molecule has 0 atom stereocenters. The second kappa shape index (κ2) is 6.20. The van der Waals surface area contributed by atoms with Crippen LogP contribution in [0.25, 0.3) is 20.9 Å². The van der Waals surface area contributed by atoms with Crippen molar-refractivity contribution in [3.8, 4) is 10.8 Å². The lowest BCUT2D eigenvalue weighted by molar-refractivity contribution is 0.124. The molecule has 1 saturated heterocycles. The van der Waals surface area contributed by atoms with E-state index in [4.69, 9.17) is 9.63 Å². The first-order valence-electron chi connectivity index (χ1n) is 7.83. The summed E-state index contributed by atoms with van der Waals surface area (Å²) in [5, 5.41) is 14.2. The van der Waals surface area contributed by atoms with E-state index >= 15 is 0 Å². The van der Waals surface area contributed by atoms with Gasteiger partial charge >= 0.3 is 6.09 Å². The van der Waals surface area contributed by atoms with E-state index in [1.165, 1.54) is 4.90 Å². The number of thiophene rings is 1. The highest BCUT2D eigenvalue weighted by molar-refractivity contribution is 7.22. The van der Waals surface area contributed by atoms with Crippen LogP contribution in [0.4, 0.5) is 4.79 Å². The number of aromatic nitrogens is 3. The van der Waals surface area contributed by atoms with Crippen molar-refractivity contribution in [2.45, 2.75) is 19.3 Å². The lowest BCUT2D eigenvalue weighted by Crippen LogP contribution is -2.37. The Labute approximate surface area is 141 Å². The number of piperidine rings is 1. The maximum Gasteiger partial charge on any atom is 0.407 e. The van der Waals surface area contributed by atoms with Crippen LogP contribution in [0.2, 0.25) is 0 Å². The SMILES string of the molecule is O=C(O)N1CCC(Cc2noc(-c3cc4ccncc4s3)n2)CC1. The van der Waals surface area contributed by atoms with Crippen LogP contribution in [0.5, 0.6) is 0 Å². The van der Waals surface area contributed by atoms with Crippen molar-refractivity contribution in [2.24, 2.45) is 5.92 Å². The molecule has 0 bridgehead atoms. The number of fused-ring (bicyclic) bond motifs is 1. The van der Waals surface area contributed by atoms with Crippen molar-refractivity contribution in [2.75, 3.05) is 13.1 Å². The number of likely N-dealkylation sites (tertiary alicyclic amines) is 1. The summed E-state index contributed by atoms with van der Waals surface area (Å²) in [6.45, 7) is 1.15. The van der Waals surface area contributed by atoms with Crippen LogP contribution < -0.4 is 0 Å². The molecule has 1 fully saturated rings. The standard InChI is InChI=1S/C16H16N4O3S/c21-16(22)20-5-2-10(3-6-20)7-14-18-15(23-19-14)12-8-11-1-4-17-9-13(11)24-12/h1,4,8-10H,2-3,5-7H2,(H,21,22). The molecule has 124 valence electrons. The third-order valence-corrected chi connectivity index (χ3v) is 5.43. The Bertz CT molecular complexity index is 834. The zero-order valence-corrected chi connectivity index (χ0v) is 13.7. The Hall–Kier alpha value is -2.48. The predicted octanol–water partition coefficient (Wildman–Crippen LogP) is 3.28. The number of hydrogen-bond acceptors (Lipinski definition) is 6. The van der Waals surface area contributed by atoms with Crippen LogP contribution in [0.15, 0.2) is 29.0 Å². The minimum absolute atomic E-state index is 0.401. The van der Waals surface area contributed by atoms with Crippen molar-refractivity contribution >= 4 is 27.5 Å². The average molecular weight is 344 g/mol. The zero-order chi connectivity index (χ0) is 16.5. The van der Waals surface area contributed by atoms with Gasteiger partial charge in [-0.3, -0.25) is 4.98 Å². The Morgan fingerprint density at radius 3 is 3.00 bits per heavy atom. The number of rotatable bonds is 3. The summed E-state index contributed by atoms with van der Waals surface area (Å²) >= 11 is 1.58. The second-order valence-electron chi connectivity index (χ2n) is 5.96. The molecule has 4 rings (SSSR count). The number of carboxylic acid groups (broad SMARTS) is 1. The van der Waals surface area contributed by atoms with Gasteiger partial charge in [0.15, 0.2) is 5.82 Å². The first-order valence-corrected chi connectivity index (χ1v) is 8.65. The fourth-order valence-electron chi connectivity index (χ4n) is 3.01. The Morgan fingerprint density at radius 2 is 2.25 bits per heavy atom. The molecule has 0 aliphatic carbocycles. The van der Waals surface area contributed by atoms with Gasteiger partial charge in [-0.1, -0.05) is 5.16 Å². The Kier molecular flexibility index (Phi) is 3.89. The minimum Gasteiger partial charge on any atom is -0.465 e. The van der Waals surface area contributed by atoms with E-state index in [0.29, 0.717) is 30.7 Å². The molecule has 0 saturated carbocycles. The number of amides is 1. The molecule has 0 spiro atoms. The van der Waals surface area contributed by atoms with Crippen LogP contribution in [0.3, 0.4) is 0 Å². The maximum absolute atomic E-state index is 10.9. The Balaban J connectivity index is 1.44. The summed E-state index contributed by atoms with van der Waals surface area (Å²) < 4.78 is 6.50. The lowest BCUT2D eigenvalue weighted by Gasteiger charge is -2.29. The molecule has 1 aliphatic rings. The summed E-state index contributed by atoms with van der Waals surface area (Å²) in [4.78, 5) is 22.0. The summed E-state index contributed by atoms with van der Waals surface area (Å²) in [7, 11) is 0. The number of hydrogen-bond donors (Lipinski definition) is 1. The average Bonchev–Trinajstić information content (AvgIpc) is 3.21. The molecular weight excluding hydrogens is 328 g/mol. The minimum atomic E-state index is -0.838. The Morgan fingerprint density at radius 1 is 1.42 bits per heavy atom. The van der Waals surface area contributed by atoms with E-state index in [2.05, 4.69) is 15.1 Å². The van der Waals surface area contributed by atoms with Crippen molar-refractivity contribution < 1.29 is 14.4 Å². The van der Waals surface area contributed by atoms with Gasteiger partial charge in [0, 0.05) is 31.9 Å².